The Kier molecular flexibility index (Phi) is 26.8. The van der Waals surface area contributed by atoms with Crippen LogP contribution in [0.3, 0.4) is 0 Å². The largest absolute Gasteiger partial charge is 0.471 e. The van der Waals surface area contributed by atoms with E-state index in [9.17, 15) is 39.2 Å². The van der Waals surface area contributed by atoms with Gasteiger partial charge in [-0.3, -0.25) is 48.8 Å². The molecule has 5 amide bonds. The summed E-state index contributed by atoms with van der Waals surface area (Å²) in [6.45, 7) is 5.31. The van der Waals surface area contributed by atoms with Crippen LogP contribution in [-0.2, 0) is 68.5 Å². The zero-order valence-corrected chi connectivity index (χ0v) is 36.2. The molecule has 0 fully saturated rings. The lowest BCUT2D eigenvalue weighted by Crippen LogP contribution is -2.44. The standard InChI is InChI=1S/C40H61N7O17/c1-44-10-11-45(40(44)47(54)55)31-64-34-3-2-32(30-48)28-33(34)43-37(51)29-42-36(50)7-12-56-14-16-58-18-20-60-22-24-62-26-27-63-25-23-61-21-19-59-17-15-57-13-8-41-35(49)6-9-46-38(52)4-5-39(46)53/h2-5,10-11,28,40,48H,6-9,12-27,29-31H2,1H3,(H,41,49)(H,42,50)(H,43,51). The first-order chi connectivity index (χ1) is 31.1. The Morgan fingerprint density at radius 3 is 1.70 bits per heavy atom. The fourth-order valence-corrected chi connectivity index (χ4v) is 5.49. The van der Waals surface area contributed by atoms with Gasteiger partial charge in [-0.15, -0.1) is 0 Å². The van der Waals surface area contributed by atoms with Crippen LogP contribution in [0.5, 0.6) is 5.75 Å². The quantitative estimate of drug-likeness (QED) is 0.0263. The third-order valence-corrected chi connectivity index (χ3v) is 8.77. The monoisotopic (exact) mass is 911 g/mol. The maximum absolute atomic E-state index is 12.6. The molecule has 358 valence electrons. The maximum Gasteiger partial charge on any atom is 0.370 e. The van der Waals surface area contributed by atoms with Crippen molar-refractivity contribution < 1.29 is 76.6 Å². The molecule has 0 spiro atoms. The molecule has 1 unspecified atom stereocenters. The van der Waals surface area contributed by atoms with E-state index in [-0.39, 0.29) is 69.8 Å². The number of aliphatic hydroxyl groups excluding tert-OH is 1. The Hall–Kier alpha value is -5.31. The fourth-order valence-electron chi connectivity index (χ4n) is 5.49. The van der Waals surface area contributed by atoms with Gasteiger partial charge in [-0.1, -0.05) is 6.07 Å². The predicted molar refractivity (Wildman–Crippen MR) is 224 cm³/mol. The highest BCUT2D eigenvalue weighted by atomic mass is 16.6. The van der Waals surface area contributed by atoms with Crippen molar-refractivity contribution in [3.63, 3.8) is 0 Å². The lowest BCUT2D eigenvalue weighted by atomic mass is 10.2. The summed E-state index contributed by atoms with van der Waals surface area (Å²) in [6.07, 6.45) is 4.35. The Bertz CT molecular complexity index is 1630. The molecule has 1 atom stereocenters. The van der Waals surface area contributed by atoms with Gasteiger partial charge in [0.2, 0.25) is 17.7 Å². The number of aliphatic hydroxyl groups is 1. The minimum absolute atomic E-state index is 0.0265. The van der Waals surface area contributed by atoms with Crippen molar-refractivity contribution in [2.75, 3.05) is 144 Å². The zero-order valence-electron chi connectivity index (χ0n) is 36.2. The first-order valence-corrected chi connectivity index (χ1v) is 20.7. The van der Waals surface area contributed by atoms with Crippen LogP contribution < -0.4 is 20.7 Å². The Balaban J connectivity index is 1.02. The molecule has 0 bridgehead atoms. The van der Waals surface area contributed by atoms with E-state index < -0.39 is 34.8 Å². The molecule has 0 saturated heterocycles. The topological polar surface area (TPSA) is 278 Å². The first-order valence-electron chi connectivity index (χ1n) is 20.7. The highest BCUT2D eigenvalue weighted by molar-refractivity contribution is 6.13. The molecule has 2 aliphatic heterocycles. The number of carbonyl (C=O) groups excluding carboxylic acids is 5. The number of hydrogen-bond donors (Lipinski definition) is 4. The third kappa shape index (κ3) is 22.4. The van der Waals surface area contributed by atoms with E-state index >= 15 is 0 Å². The zero-order chi connectivity index (χ0) is 46.2. The molecule has 3 rings (SSSR count). The number of anilines is 1. The van der Waals surface area contributed by atoms with Crippen LogP contribution in [0, 0.1) is 10.1 Å². The number of benzene rings is 1. The predicted octanol–water partition coefficient (Wildman–Crippen LogP) is -1.20. The van der Waals surface area contributed by atoms with Gasteiger partial charge in [0.05, 0.1) is 129 Å². The van der Waals surface area contributed by atoms with Crippen molar-refractivity contribution in [2.24, 2.45) is 0 Å². The number of hydrogen-bond acceptors (Lipinski definition) is 19. The van der Waals surface area contributed by atoms with Gasteiger partial charge in [0, 0.05) is 57.5 Å². The SMILES string of the molecule is CN1C=CN(COc2ccc(CO)cc2NC(=O)CNC(=O)CCOCCOCCOCCOCCOCCOCCOCCOCCNC(=O)CCN2C(=O)C=CC2=O)C1[N+](=O)[O-]. The lowest BCUT2D eigenvalue weighted by molar-refractivity contribution is -0.569. The summed E-state index contributed by atoms with van der Waals surface area (Å²) in [5.41, 5.74) is 0.732. The van der Waals surface area contributed by atoms with Gasteiger partial charge >= 0.3 is 6.29 Å². The van der Waals surface area contributed by atoms with E-state index in [1.54, 1.807) is 19.3 Å². The second kappa shape index (κ2) is 32.4. The highest BCUT2D eigenvalue weighted by Gasteiger charge is 2.34. The number of rotatable bonds is 38. The van der Waals surface area contributed by atoms with Gasteiger partial charge in [0.25, 0.3) is 11.8 Å². The number of amides is 5. The van der Waals surface area contributed by atoms with Crippen molar-refractivity contribution >= 4 is 35.2 Å². The Morgan fingerprint density at radius 2 is 1.19 bits per heavy atom. The molecule has 24 heteroatoms. The molecule has 4 N–H and O–H groups in total. The molecule has 0 saturated carbocycles. The number of carbonyl (C=O) groups is 5. The molecule has 0 aliphatic carbocycles. The minimum Gasteiger partial charge on any atom is -0.471 e. The van der Waals surface area contributed by atoms with Crippen molar-refractivity contribution in [1.82, 2.24) is 25.3 Å². The average molecular weight is 912 g/mol. The number of nitrogens with one attached hydrogen (secondary N) is 3. The van der Waals surface area contributed by atoms with Gasteiger partial charge in [-0.05, 0) is 17.7 Å². The van der Waals surface area contributed by atoms with Crippen molar-refractivity contribution in [3.05, 3.63) is 58.4 Å². The number of imide groups is 1. The van der Waals surface area contributed by atoms with Crippen molar-refractivity contribution in [2.45, 2.75) is 25.7 Å². The van der Waals surface area contributed by atoms with Crippen LogP contribution in [-0.4, -0.2) is 200 Å². The van der Waals surface area contributed by atoms with Gasteiger partial charge in [0.1, 0.15) is 5.75 Å². The fraction of sp³-hybridized carbons (Fsp3) is 0.625. The Morgan fingerprint density at radius 1 is 0.688 bits per heavy atom. The number of ether oxygens (including phenoxy) is 9. The molecule has 0 radical (unpaired) electrons. The molecule has 2 heterocycles. The molecule has 1 aromatic rings. The summed E-state index contributed by atoms with van der Waals surface area (Å²) in [5, 5.41) is 28.8. The summed E-state index contributed by atoms with van der Waals surface area (Å²) >= 11 is 0. The molecule has 24 nitrogen and oxygen atoms in total. The van der Waals surface area contributed by atoms with E-state index in [1.807, 2.05) is 0 Å². The van der Waals surface area contributed by atoms with E-state index in [4.69, 9.17) is 42.6 Å². The van der Waals surface area contributed by atoms with Crippen molar-refractivity contribution in [1.29, 1.82) is 0 Å². The van der Waals surface area contributed by atoms with E-state index in [0.29, 0.717) is 105 Å². The van der Waals surface area contributed by atoms with Crippen LogP contribution >= 0.6 is 0 Å². The van der Waals surface area contributed by atoms with Gasteiger partial charge in [-0.25, -0.2) is 0 Å². The van der Waals surface area contributed by atoms with E-state index in [0.717, 1.165) is 4.90 Å². The summed E-state index contributed by atoms with van der Waals surface area (Å²) in [6, 6.07) is 4.64. The smallest absolute Gasteiger partial charge is 0.370 e. The van der Waals surface area contributed by atoms with Crippen molar-refractivity contribution in [3.8, 4) is 5.75 Å². The van der Waals surface area contributed by atoms with Crippen LogP contribution in [0.1, 0.15) is 18.4 Å². The second-order valence-corrected chi connectivity index (χ2v) is 13.6. The normalized spacial score (nSPS) is 14.5. The lowest BCUT2D eigenvalue weighted by Gasteiger charge is -2.23. The third-order valence-electron chi connectivity index (χ3n) is 8.77. The second-order valence-electron chi connectivity index (χ2n) is 13.6. The minimum atomic E-state index is -1.14. The summed E-state index contributed by atoms with van der Waals surface area (Å²) < 4.78 is 49.3. The van der Waals surface area contributed by atoms with E-state index in [1.165, 1.54) is 40.3 Å². The molecule has 64 heavy (non-hydrogen) atoms. The van der Waals surface area contributed by atoms with Crippen LogP contribution in [0.4, 0.5) is 5.69 Å². The van der Waals surface area contributed by atoms with Crippen LogP contribution in [0.25, 0.3) is 0 Å². The Labute approximate surface area is 371 Å². The summed E-state index contributed by atoms with van der Waals surface area (Å²) in [4.78, 5) is 74.3. The molecule has 1 aromatic carbocycles. The average Bonchev–Trinajstić information content (AvgIpc) is 3.82. The van der Waals surface area contributed by atoms with Gasteiger partial charge < -0.3 is 63.7 Å². The molecule has 0 aromatic heterocycles. The highest BCUT2D eigenvalue weighted by Crippen LogP contribution is 2.27. The van der Waals surface area contributed by atoms with E-state index in [2.05, 4.69) is 16.0 Å². The van der Waals surface area contributed by atoms with Crippen LogP contribution in [0.2, 0.25) is 0 Å². The summed E-state index contributed by atoms with van der Waals surface area (Å²) in [7, 11) is 1.57. The number of nitro groups is 1. The molecule has 2 aliphatic rings. The van der Waals surface area contributed by atoms with Gasteiger partial charge in [0.15, 0.2) is 6.73 Å². The van der Waals surface area contributed by atoms with Crippen LogP contribution in [0.15, 0.2) is 42.8 Å². The maximum atomic E-state index is 12.6. The molecular weight excluding hydrogens is 850 g/mol. The van der Waals surface area contributed by atoms with Gasteiger partial charge in [-0.2, -0.15) is 0 Å². The first kappa shape index (κ1) is 53.0. The number of nitrogens with zero attached hydrogens (tertiary/aromatic N) is 4. The molecular formula is C40H61N7O17. The summed E-state index contributed by atoms with van der Waals surface area (Å²) in [5.74, 6) is -1.81.